The van der Waals surface area contributed by atoms with Crippen LogP contribution < -0.4 is 10.1 Å². The van der Waals surface area contributed by atoms with Crippen LogP contribution >= 0.6 is 0 Å². The average molecular weight is 358 g/mol. The standard InChI is InChI=1S/C22H22N4O/c1-16-14-26(15-23-16)20-10-8-19(13-21(20)27-2)25-22-11-9-18(24-22)12-17-6-4-3-5-7-17/h3-11,13-15,24-25H,12H2,1-2H3. The number of aromatic amines is 1. The lowest BCUT2D eigenvalue weighted by Crippen LogP contribution is -1.98. The van der Waals surface area contributed by atoms with E-state index in [-0.39, 0.29) is 0 Å². The minimum absolute atomic E-state index is 0.786. The van der Waals surface area contributed by atoms with Gasteiger partial charge in [-0.25, -0.2) is 4.98 Å². The van der Waals surface area contributed by atoms with Gasteiger partial charge in [0.05, 0.1) is 24.8 Å². The van der Waals surface area contributed by atoms with Crippen LogP contribution in [0.5, 0.6) is 5.75 Å². The lowest BCUT2D eigenvalue weighted by molar-refractivity contribution is 0.413. The fraction of sp³-hybridized carbons (Fsp3) is 0.136. The zero-order valence-corrected chi connectivity index (χ0v) is 15.4. The molecule has 0 aliphatic carbocycles. The van der Waals surface area contributed by atoms with Gasteiger partial charge in [0.1, 0.15) is 11.6 Å². The number of benzene rings is 2. The first kappa shape index (κ1) is 17.0. The molecule has 0 fully saturated rings. The maximum Gasteiger partial charge on any atom is 0.144 e. The molecule has 0 aliphatic rings. The van der Waals surface area contributed by atoms with E-state index in [1.807, 2.05) is 42.0 Å². The molecule has 2 aromatic heterocycles. The first-order chi connectivity index (χ1) is 13.2. The van der Waals surface area contributed by atoms with Crippen LogP contribution in [-0.2, 0) is 6.42 Å². The van der Waals surface area contributed by atoms with Gasteiger partial charge in [-0.15, -0.1) is 0 Å². The fourth-order valence-corrected chi connectivity index (χ4v) is 3.11. The van der Waals surface area contributed by atoms with E-state index in [1.165, 1.54) is 11.3 Å². The van der Waals surface area contributed by atoms with Crippen molar-refractivity contribution < 1.29 is 4.74 Å². The summed E-state index contributed by atoms with van der Waals surface area (Å²) < 4.78 is 7.54. The van der Waals surface area contributed by atoms with Crippen LogP contribution in [0.1, 0.15) is 17.0 Å². The van der Waals surface area contributed by atoms with E-state index in [2.05, 4.69) is 51.7 Å². The van der Waals surface area contributed by atoms with Crippen molar-refractivity contribution in [2.75, 3.05) is 12.4 Å². The van der Waals surface area contributed by atoms with E-state index < -0.39 is 0 Å². The van der Waals surface area contributed by atoms with Crippen LogP contribution in [0.2, 0.25) is 0 Å². The number of nitrogens with zero attached hydrogens (tertiary/aromatic N) is 2. The molecule has 5 nitrogen and oxygen atoms in total. The molecule has 0 aliphatic heterocycles. The summed E-state index contributed by atoms with van der Waals surface area (Å²) in [4.78, 5) is 7.71. The highest BCUT2D eigenvalue weighted by Crippen LogP contribution is 2.28. The molecule has 5 heteroatoms. The van der Waals surface area contributed by atoms with Crippen molar-refractivity contribution in [1.29, 1.82) is 0 Å². The molecule has 4 aromatic rings. The van der Waals surface area contributed by atoms with Gasteiger partial charge in [0, 0.05) is 30.1 Å². The second kappa shape index (κ2) is 7.41. The Labute approximate surface area is 158 Å². The Morgan fingerprint density at radius 2 is 1.93 bits per heavy atom. The smallest absolute Gasteiger partial charge is 0.144 e. The third-order valence-corrected chi connectivity index (χ3v) is 4.43. The highest BCUT2D eigenvalue weighted by Gasteiger charge is 2.08. The second-order valence-electron chi connectivity index (χ2n) is 6.49. The summed E-state index contributed by atoms with van der Waals surface area (Å²) >= 11 is 0. The molecule has 0 atom stereocenters. The van der Waals surface area contributed by atoms with Gasteiger partial charge < -0.3 is 19.6 Å². The second-order valence-corrected chi connectivity index (χ2v) is 6.49. The summed E-state index contributed by atoms with van der Waals surface area (Å²) in [5.74, 6) is 1.74. The van der Waals surface area contributed by atoms with Gasteiger partial charge in [0.15, 0.2) is 0 Å². The van der Waals surface area contributed by atoms with Crippen LogP contribution in [-0.4, -0.2) is 21.6 Å². The number of H-pyrrole nitrogens is 1. The minimum Gasteiger partial charge on any atom is -0.494 e. The topological polar surface area (TPSA) is 54.9 Å². The minimum atomic E-state index is 0.786. The number of imidazole rings is 1. The predicted molar refractivity (Wildman–Crippen MR) is 108 cm³/mol. The summed E-state index contributed by atoms with van der Waals surface area (Å²) in [6.07, 6.45) is 4.65. The molecule has 0 bridgehead atoms. The fourth-order valence-electron chi connectivity index (χ4n) is 3.11. The van der Waals surface area contributed by atoms with Gasteiger partial charge in [-0.2, -0.15) is 0 Å². The third-order valence-electron chi connectivity index (χ3n) is 4.43. The van der Waals surface area contributed by atoms with Gasteiger partial charge in [0.25, 0.3) is 0 Å². The zero-order chi connectivity index (χ0) is 18.6. The largest absolute Gasteiger partial charge is 0.494 e. The van der Waals surface area contributed by atoms with E-state index in [9.17, 15) is 0 Å². The molecule has 27 heavy (non-hydrogen) atoms. The molecule has 0 spiro atoms. The van der Waals surface area contributed by atoms with E-state index in [0.717, 1.165) is 35.1 Å². The highest BCUT2D eigenvalue weighted by molar-refractivity contribution is 5.63. The Morgan fingerprint density at radius 1 is 1.07 bits per heavy atom. The highest BCUT2D eigenvalue weighted by atomic mass is 16.5. The van der Waals surface area contributed by atoms with E-state index in [1.54, 1.807) is 13.4 Å². The summed E-state index contributed by atoms with van der Waals surface area (Å²) in [6, 6.07) is 20.6. The number of hydrogen-bond donors (Lipinski definition) is 2. The van der Waals surface area contributed by atoms with Crippen LogP contribution in [0.4, 0.5) is 11.5 Å². The number of nitrogens with one attached hydrogen (secondary N) is 2. The molecule has 2 N–H and O–H groups in total. The van der Waals surface area contributed by atoms with Crippen molar-refractivity contribution in [3.63, 3.8) is 0 Å². The van der Waals surface area contributed by atoms with E-state index in [4.69, 9.17) is 4.74 Å². The molecule has 2 aromatic carbocycles. The Balaban J connectivity index is 1.51. The van der Waals surface area contributed by atoms with Gasteiger partial charge in [-0.1, -0.05) is 30.3 Å². The normalized spacial score (nSPS) is 10.7. The maximum absolute atomic E-state index is 5.57. The lowest BCUT2D eigenvalue weighted by atomic mass is 10.1. The molecule has 0 saturated heterocycles. The van der Waals surface area contributed by atoms with E-state index in [0.29, 0.717) is 0 Å². The predicted octanol–water partition coefficient (Wildman–Crippen LogP) is 4.85. The Morgan fingerprint density at radius 3 is 2.67 bits per heavy atom. The van der Waals surface area contributed by atoms with Crippen LogP contribution in [0.15, 0.2) is 73.2 Å². The molecule has 0 amide bonds. The summed E-state index contributed by atoms with van der Waals surface area (Å²) in [5, 5.41) is 3.41. The van der Waals surface area contributed by atoms with Crippen LogP contribution in [0, 0.1) is 6.92 Å². The number of methoxy groups -OCH3 is 1. The van der Waals surface area contributed by atoms with Gasteiger partial charge in [0.2, 0.25) is 0 Å². The number of aromatic nitrogens is 3. The molecule has 0 unspecified atom stereocenters. The number of aryl methyl sites for hydroxylation is 1. The van der Waals surface area contributed by atoms with Gasteiger partial charge >= 0.3 is 0 Å². The van der Waals surface area contributed by atoms with Crippen molar-refractivity contribution in [3.05, 3.63) is 90.1 Å². The molecule has 2 heterocycles. The van der Waals surface area contributed by atoms with Crippen molar-refractivity contribution in [2.45, 2.75) is 13.3 Å². The first-order valence-corrected chi connectivity index (χ1v) is 8.89. The zero-order valence-electron chi connectivity index (χ0n) is 15.4. The Hall–Kier alpha value is -3.47. The number of rotatable bonds is 6. The van der Waals surface area contributed by atoms with E-state index >= 15 is 0 Å². The number of hydrogen-bond acceptors (Lipinski definition) is 3. The SMILES string of the molecule is COc1cc(Nc2ccc(Cc3ccccc3)[nH]2)ccc1-n1cnc(C)c1. The van der Waals surface area contributed by atoms with Crippen LogP contribution in [0.3, 0.4) is 0 Å². The van der Waals surface area contributed by atoms with Crippen LogP contribution in [0.25, 0.3) is 5.69 Å². The van der Waals surface area contributed by atoms with Crippen molar-refractivity contribution in [1.82, 2.24) is 14.5 Å². The maximum atomic E-state index is 5.57. The quantitative estimate of drug-likeness (QED) is 0.518. The molecule has 136 valence electrons. The summed E-state index contributed by atoms with van der Waals surface area (Å²) in [5.41, 5.74) is 5.34. The lowest BCUT2D eigenvalue weighted by Gasteiger charge is -2.12. The van der Waals surface area contributed by atoms with Crippen molar-refractivity contribution in [3.8, 4) is 11.4 Å². The monoisotopic (exact) mass is 358 g/mol. The Bertz CT molecular complexity index is 1030. The molecule has 0 radical (unpaired) electrons. The summed E-state index contributed by atoms with van der Waals surface area (Å²) in [7, 11) is 1.68. The van der Waals surface area contributed by atoms with Crippen molar-refractivity contribution >= 4 is 11.5 Å². The number of anilines is 2. The molecule has 4 rings (SSSR count). The Kier molecular flexibility index (Phi) is 4.66. The molecular formula is C22H22N4O. The molecular weight excluding hydrogens is 336 g/mol. The average Bonchev–Trinajstić information content (AvgIpc) is 3.31. The van der Waals surface area contributed by atoms with Gasteiger partial charge in [-0.3, -0.25) is 0 Å². The molecule has 0 saturated carbocycles. The van der Waals surface area contributed by atoms with Gasteiger partial charge in [-0.05, 0) is 36.8 Å². The van der Waals surface area contributed by atoms with Crippen molar-refractivity contribution in [2.24, 2.45) is 0 Å². The first-order valence-electron chi connectivity index (χ1n) is 8.89. The number of ether oxygens (including phenoxy) is 1. The third kappa shape index (κ3) is 3.87. The summed E-state index contributed by atoms with van der Waals surface area (Å²) in [6.45, 7) is 1.97.